The van der Waals surface area contributed by atoms with E-state index in [1.54, 1.807) is 19.9 Å². The summed E-state index contributed by atoms with van der Waals surface area (Å²) in [5.74, 6) is -2.86. The number of ether oxygens (including phenoxy) is 3. The zero-order chi connectivity index (χ0) is 31.8. The Morgan fingerprint density at radius 3 is 2.16 bits per heavy atom. The average Bonchev–Trinajstić information content (AvgIpc) is 3.01. The van der Waals surface area contributed by atoms with Gasteiger partial charge < -0.3 is 19.5 Å². The number of nitrogens with zero attached hydrogens (tertiary/aromatic N) is 2. The molecule has 1 atom stereocenters. The van der Waals surface area contributed by atoms with Gasteiger partial charge in [-0.2, -0.15) is 0 Å². The number of rotatable bonds is 12. The molecule has 0 radical (unpaired) electrons. The van der Waals surface area contributed by atoms with Crippen LogP contribution in [-0.4, -0.2) is 74.1 Å². The van der Waals surface area contributed by atoms with Crippen molar-refractivity contribution in [2.24, 2.45) is 5.92 Å². The summed E-state index contributed by atoms with van der Waals surface area (Å²) in [6.07, 6.45) is 1.26. The summed E-state index contributed by atoms with van der Waals surface area (Å²) in [6.45, 7) is 5.28. The number of benzene rings is 2. The van der Waals surface area contributed by atoms with E-state index in [2.05, 4.69) is 10.2 Å². The zero-order valence-electron chi connectivity index (χ0n) is 25.0. The summed E-state index contributed by atoms with van der Waals surface area (Å²) in [5.41, 5.74) is 1.89. The van der Waals surface area contributed by atoms with Crippen molar-refractivity contribution in [3.63, 3.8) is 0 Å². The van der Waals surface area contributed by atoms with Gasteiger partial charge in [-0.05, 0) is 69.6 Å². The first kappa shape index (κ1) is 32.5. The van der Waals surface area contributed by atoms with Crippen LogP contribution in [0.25, 0.3) is 0 Å². The largest absolute Gasteiger partial charge is 0.461 e. The van der Waals surface area contributed by atoms with Gasteiger partial charge in [-0.1, -0.05) is 12.1 Å². The Kier molecular flexibility index (Phi) is 11.0. The van der Waals surface area contributed by atoms with Gasteiger partial charge in [0, 0.05) is 48.7 Å². The zero-order valence-corrected chi connectivity index (χ0v) is 25.0. The van der Waals surface area contributed by atoms with Crippen LogP contribution in [0.4, 0.5) is 10.1 Å². The van der Waals surface area contributed by atoms with Crippen LogP contribution in [0.2, 0.25) is 0 Å². The van der Waals surface area contributed by atoms with Crippen LogP contribution in [0.3, 0.4) is 0 Å². The van der Waals surface area contributed by atoms with Gasteiger partial charge in [-0.25, -0.2) is 14.0 Å². The molecule has 1 N–H and O–H groups in total. The van der Waals surface area contributed by atoms with E-state index in [1.165, 1.54) is 49.6 Å². The first-order valence-corrected chi connectivity index (χ1v) is 14.4. The van der Waals surface area contributed by atoms with E-state index < -0.39 is 22.8 Å². The monoisotopic (exact) mass is 609 g/mol. The van der Waals surface area contributed by atoms with Crippen LogP contribution >= 0.6 is 0 Å². The molecule has 0 spiro atoms. The van der Waals surface area contributed by atoms with E-state index in [0.717, 1.165) is 0 Å². The third-order valence-electron chi connectivity index (χ3n) is 7.86. The van der Waals surface area contributed by atoms with E-state index in [4.69, 9.17) is 14.2 Å². The molecule has 1 unspecified atom stereocenters. The third kappa shape index (κ3) is 7.74. The fourth-order valence-corrected chi connectivity index (χ4v) is 5.60. The fourth-order valence-electron chi connectivity index (χ4n) is 5.60. The second-order valence-corrected chi connectivity index (χ2v) is 10.7. The number of esters is 2. The predicted molar refractivity (Wildman–Crippen MR) is 158 cm³/mol. The lowest BCUT2D eigenvalue weighted by Gasteiger charge is -2.32. The number of ketones is 1. The predicted octanol–water partition coefficient (Wildman–Crippen LogP) is 4.30. The number of hydrogen-bond acceptors (Lipinski definition) is 10. The summed E-state index contributed by atoms with van der Waals surface area (Å²) >= 11 is 0. The second-order valence-electron chi connectivity index (χ2n) is 10.7. The molecule has 0 amide bonds. The Hall–Kier alpha value is -4.42. The SMILES string of the molecule is COCCOC(=O)C1=C(C)NC(C)=C(C(=O)OCCN2CCC(C(=O)c3ccc(F)cc3)CC2)C1c1cccc([N+](=O)[O-])c1. The summed E-state index contributed by atoms with van der Waals surface area (Å²) in [4.78, 5) is 52.7. The van der Waals surface area contributed by atoms with E-state index in [-0.39, 0.29) is 54.2 Å². The molecule has 0 aliphatic carbocycles. The number of allylic oxidation sites excluding steroid dienone is 2. The summed E-state index contributed by atoms with van der Waals surface area (Å²) < 4.78 is 29.3. The maximum Gasteiger partial charge on any atom is 0.336 e. The molecule has 2 aliphatic heterocycles. The van der Waals surface area contributed by atoms with Crippen molar-refractivity contribution in [1.82, 2.24) is 10.2 Å². The van der Waals surface area contributed by atoms with Crippen molar-refractivity contribution in [3.8, 4) is 0 Å². The van der Waals surface area contributed by atoms with Crippen molar-refractivity contribution < 1.29 is 37.9 Å². The number of non-ortho nitro benzene ring substituents is 1. The molecule has 4 rings (SSSR count). The number of nitro benzene ring substituents is 1. The lowest BCUT2D eigenvalue weighted by atomic mass is 9.80. The first-order valence-electron chi connectivity index (χ1n) is 14.4. The lowest BCUT2D eigenvalue weighted by Crippen LogP contribution is -2.39. The topological polar surface area (TPSA) is 137 Å². The molecule has 1 fully saturated rings. The highest BCUT2D eigenvalue weighted by Crippen LogP contribution is 2.40. The molecule has 0 bridgehead atoms. The fraction of sp³-hybridized carbons (Fsp3) is 0.406. The quantitative estimate of drug-likeness (QED) is 0.122. The molecular formula is C32H36FN3O8. The highest BCUT2D eigenvalue weighted by Gasteiger charge is 2.38. The number of nitro groups is 1. The number of halogens is 1. The Balaban J connectivity index is 1.44. The Morgan fingerprint density at radius 2 is 1.57 bits per heavy atom. The van der Waals surface area contributed by atoms with Gasteiger partial charge in [0.05, 0.1) is 28.6 Å². The third-order valence-corrected chi connectivity index (χ3v) is 7.86. The van der Waals surface area contributed by atoms with Crippen LogP contribution in [0.1, 0.15) is 48.5 Å². The first-order chi connectivity index (χ1) is 21.1. The molecule has 234 valence electrons. The molecule has 2 aromatic carbocycles. The Labute approximate surface area is 254 Å². The van der Waals surface area contributed by atoms with Crippen LogP contribution < -0.4 is 5.32 Å². The Morgan fingerprint density at radius 1 is 0.955 bits per heavy atom. The number of dihydropyridines is 1. The molecule has 2 aromatic rings. The number of nitrogens with one attached hydrogen (secondary N) is 1. The summed E-state index contributed by atoms with van der Waals surface area (Å²) in [6, 6.07) is 11.4. The maximum atomic E-state index is 13.6. The lowest BCUT2D eigenvalue weighted by molar-refractivity contribution is -0.384. The molecule has 44 heavy (non-hydrogen) atoms. The van der Waals surface area contributed by atoms with E-state index in [0.29, 0.717) is 55.0 Å². The van der Waals surface area contributed by atoms with Crippen molar-refractivity contribution in [3.05, 3.63) is 98.1 Å². The summed E-state index contributed by atoms with van der Waals surface area (Å²) in [7, 11) is 1.47. The van der Waals surface area contributed by atoms with Gasteiger partial charge in [0.15, 0.2) is 5.78 Å². The van der Waals surface area contributed by atoms with Crippen molar-refractivity contribution in [2.75, 3.05) is 46.6 Å². The minimum atomic E-state index is -0.966. The van der Waals surface area contributed by atoms with Crippen molar-refractivity contribution in [1.29, 1.82) is 0 Å². The molecule has 12 heteroatoms. The van der Waals surface area contributed by atoms with Crippen LogP contribution in [0.5, 0.6) is 0 Å². The minimum absolute atomic E-state index is 0.00428. The molecular weight excluding hydrogens is 573 g/mol. The number of hydrogen-bond donors (Lipinski definition) is 1. The van der Waals surface area contributed by atoms with Gasteiger partial charge in [0.2, 0.25) is 0 Å². The standard InChI is InChI=1S/C32H36FN3O8/c1-20-27(31(38)43-16-15-35-13-11-23(12-14-35)30(37)22-7-9-25(33)10-8-22)29(24-5-4-6-26(19-24)36(40)41)28(21(2)34-20)32(39)44-18-17-42-3/h4-10,19,23,29,34H,11-18H2,1-3H3. The molecule has 0 saturated carbocycles. The van der Waals surface area contributed by atoms with Crippen LogP contribution in [-0.2, 0) is 23.8 Å². The number of Topliss-reactive ketones (excluding diaryl/α,β-unsaturated/α-hetero) is 1. The Bertz CT molecular complexity index is 1460. The maximum absolute atomic E-state index is 13.6. The molecule has 11 nitrogen and oxygen atoms in total. The van der Waals surface area contributed by atoms with E-state index in [9.17, 15) is 28.9 Å². The number of likely N-dealkylation sites (tertiary alicyclic amines) is 1. The van der Waals surface area contributed by atoms with Gasteiger partial charge in [-0.3, -0.25) is 19.8 Å². The van der Waals surface area contributed by atoms with Crippen LogP contribution in [0.15, 0.2) is 71.1 Å². The van der Waals surface area contributed by atoms with Gasteiger partial charge in [0.1, 0.15) is 19.0 Å². The molecule has 2 aliphatic rings. The highest BCUT2D eigenvalue weighted by atomic mass is 19.1. The highest BCUT2D eigenvalue weighted by molar-refractivity contribution is 6.00. The average molecular weight is 610 g/mol. The molecule has 0 aromatic heterocycles. The smallest absolute Gasteiger partial charge is 0.336 e. The summed E-state index contributed by atoms with van der Waals surface area (Å²) in [5, 5.41) is 14.6. The molecule has 1 saturated heterocycles. The normalized spacial score (nSPS) is 17.7. The minimum Gasteiger partial charge on any atom is -0.461 e. The van der Waals surface area contributed by atoms with E-state index in [1.807, 2.05) is 0 Å². The number of carbonyl (C=O) groups excluding carboxylic acids is 3. The molecule has 2 heterocycles. The van der Waals surface area contributed by atoms with Gasteiger partial charge in [-0.15, -0.1) is 0 Å². The van der Waals surface area contributed by atoms with Gasteiger partial charge >= 0.3 is 11.9 Å². The van der Waals surface area contributed by atoms with Crippen molar-refractivity contribution in [2.45, 2.75) is 32.6 Å². The number of piperidine rings is 1. The van der Waals surface area contributed by atoms with Crippen LogP contribution in [0, 0.1) is 21.8 Å². The number of methoxy groups -OCH3 is 1. The van der Waals surface area contributed by atoms with Crippen molar-refractivity contribution >= 4 is 23.4 Å². The second kappa shape index (κ2) is 14.8. The number of carbonyl (C=O) groups is 3. The van der Waals surface area contributed by atoms with Gasteiger partial charge in [0.25, 0.3) is 5.69 Å². The van der Waals surface area contributed by atoms with E-state index >= 15 is 0 Å².